The largest absolute Gasteiger partial charge is 0.366 e. The van der Waals surface area contributed by atoms with Gasteiger partial charge in [-0.25, -0.2) is 9.37 Å². The zero-order chi connectivity index (χ0) is 13.3. The van der Waals surface area contributed by atoms with Crippen molar-refractivity contribution in [1.29, 1.82) is 0 Å². The average Bonchev–Trinajstić information content (AvgIpc) is 2.70. The van der Waals surface area contributed by atoms with Crippen molar-refractivity contribution in [3.63, 3.8) is 0 Å². The third-order valence-electron chi connectivity index (χ3n) is 2.55. The van der Waals surface area contributed by atoms with Gasteiger partial charge in [-0.2, -0.15) is 0 Å². The smallest absolute Gasteiger partial charge is 0.251 e. The van der Waals surface area contributed by atoms with Crippen LogP contribution in [0.3, 0.4) is 0 Å². The minimum absolute atomic E-state index is 0.152. The molecule has 3 N–H and O–H groups in total. The van der Waals surface area contributed by atoms with Gasteiger partial charge in [0.25, 0.3) is 5.91 Å². The van der Waals surface area contributed by atoms with Gasteiger partial charge in [-0.15, -0.1) is 0 Å². The number of aromatic amines is 1. The molecule has 0 aliphatic rings. The van der Waals surface area contributed by atoms with Gasteiger partial charge in [0.1, 0.15) is 22.5 Å². The molecule has 0 aliphatic carbocycles. The van der Waals surface area contributed by atoms with Crippen LogP contribution >= 0.6 is 11.6 Å². The van der Waals surface area contributed by atoms with Gasteiger partial charge in [-0.1, -0.05) is 24.6 Å². The predicted molar refractivity (Wildman–Crippen MR) is 66.9 cm³/mol. The number of rotatable bonds is 3. The maximum Gasteiger partial charge on any atom is 0.251 e. The number of hydrogen-bond donors (Lipinski definition) is 2. The summed E-state index contributed by atoms with van der Waals surface area (Å²) in [5.41, 5.74) is 5.84. The minimum Gasteiger partial charge on any atom is -0.366 e. The number of primary amides is 1. The van der Waals surface area contributed by atoms with Crippen molar-refractivity contribution in [3.05, 3.63) is 40.6 Å². The molecular weight excluding hydrogens is 257 g/mol. The fourth-order valence-electron chi connectivity index (χ4n) is 1.62. The number of aryl methyl sites for hydroxylation is 1. The van der Waals surface area contributed by atoms with E-state index in [1.165, 1.54) is 12.1 Å². The summed E-state index contributed by atoms with van der Waals surface area (Å²) in [6.45, 7) is 1.93. The van der Waals surface area contributed by atoms with Crippen LogP contribution in [-0.2, 0) is 6.42 Å². The zero-order valence-corrected chi connectivity index (χ0v) is 10.4. The summed E-state index contributed by atoms with van der Waals surface area (Å²) in [7, 11) is 0. The third kappa shape index (κ3) is 2.22. The lowest BCUT2D eigenvalue weighted by Gasteiger charge is -2.01. The lowest BCUT2D eigenvalue weighted by atomic mass is 10.1. The van der Waals surface area contributed by atoms with E-state index < -0.39 is 11.7 Å². The SMILES string of the molecule is CCc1nc(-c2ccc(C(N)=O)c(F)c2)c(Cl)[nH]1. The second-order valence-corrected chi connectivity index (χ2v) is 4.14. The molecule has 1 aromatic carbocycles. The van der Waals surface area contributed by atoms with Crippen molar-refractivity contribution in [2.24, 2.45) is 5.73 Å². The first-order valence-electron chi connectivity index (χ1n) is 5.37. The van der Waals surface area contributed by atoms with E-state index in [-0.39, 0.29) is 5.56 Å². The Bertz CT molecular complexity index is 609. The van der Waals surface area contributed by atoms with Crippen molar-refractivity contribution in [2.75, 3.05) is 0 Å². The van der Waals surface area contributed by atoms with Gasteiger partial charge < -0.3 is 10.7 Å². The maximum absolute atomic E-state index is 13.6. The maximum atomic E-state index is 13.6. The first-order chi connectivity index (χ1) is 8.52. The molecule has 18 heavy (non-hydrogen) atoms. The predicted octanol–water partition coefficient (Wildman–Crippen LogP) is 2.53. The molecular formula is C12H11ClFN3O. The fraction of sp³-hybridized carbons (Fsp3) is 0.167. The van der Waals surface area contributed by atoms with Crippen LogP contribution in [0.4, 0.5) is 4.39 Å². The van der Waals surface area contributed by atoms with E-state index in [1.54, 1.807) is 6.07 Å². The number of nitrogens with zero attached hydrogens (tertiary/aromatic N) is 1. The third-order valence-corrected chi connectivity index (χ3v) is 2.83. The molecule has 1 amide bonds. The molecule has 0 aliphatic heterocycles. The van der Waals surface area contributed by atoms with Gasteiger partial charge in [0, 0.05) is 12.0 Å². The van der Waals surface area contributed by atoms with Gasteiger partial charge in [0.2, 0.25) is 0 Å². The number of imidazole rings is 1. The van der Waals surface area contributed by atoms with Crippen molar-refractivity contribution in [3.8, 4) is 11.3 Å². The quantitative estimate of drug-likeness (QED) is 0.897. The molecule has 6 heteroatoms. The van der Waals surface area contributed by atoms with Gasteiger partial charge in [0.15, 0.2) is 0 Å². The zero-order valence-electron chi connectivity index (χ0n) is 9.63. The van der Waals surface area contributed by atoms with Crippen LogP contribution in [0.1, 0.15) is 23.1 Å². The van der Waals surface area contributed by atoms with Crippen LogP contribution < -0.4 is 5.73 Å². The molecule has 0 fully saturated rings. The molecule has 0 atom stereocenters. The highest BCUT2D eigenvalue weighted by Crippen LogP contribution is 2.27. The van der Waals surface area contributed by atoms with Crippen LogP contribution in [0.5, 0.6) is 0 Å². The molecule has 1 aromatic heterocycles. The monoisotopic (exact) mass is 267 g/mol. The Morgan fingerprint density at radius 1 is 1.56 bits per heavy atom. The van der Waals surface area contributed by atoms with Crippen LogP contribution in [0.15, 0.2) is 18.2 Å². The first kappa shape index (κ1) is 12.6. The highest BCUT2D eigenvalue weighted by Gasteiger charge is 2.14. The highest BCUT2D eigenvalue weighted by molar-refractivity contribution is 6.31. The molecule has 1 heterocycles. The number of H-pyrrole nitrogens is 1. The average molecular weight is 268 g/mol. The van der Waals surface area contributed by atoms with E-state index in [1.807, 2.05) is 6.92 Å². The van der Waals surface area contributed by atoms with E-state index in [9.17, 15) is 9.18 Å². The van der Waals surface area contributed by atoms with E-state index in [0.717, 1.165) is 5.82 Å². The number of carbonyl (C=O) groups excluding carboxylic acids is 1. The van der Waals surface area contributed by atoms with Crippen LogP contribution in [-0.4, -0.2) is 15.9 Å². The summed E-state index contributed by atoms with van der Waals surface area (Å²) in [4.78, 5) is 18.1. The molecule has 94 valence electrons. The second-order valence-electron chi connectivity index (χ2n) is 3.76. The summed E-state index contributed by atoms with van der Waals surface area (Å²) < 4.78 is 13.6. The highest BCUT2D eigenvalue weighted by atomic mass is 35.5. The standard InChI is InChI=1S/C12H11ClFN3O/c1-2-9-16-10(11(13)17-9)6-3-4-7(12(15)18)8(14)5-6/h3-5H,2H2,1H3,(H2,15,18)(H,16,17). The van der Waals surface area contributed by atoms with Gasteiger partial charge in [-0.3, -0.25) is 4.79 Å². The summed E-state index contributed by atoms with van der Waals surface area (Å²) >= 11 is 5.98. The Balaban J connectivity index is 2.48. The van der Waals surface area contributed by atoms with Crippen molar-refractivity contribution < 1.29 is 9.18 Å². The van der Waals surface area contributed by atoms with Gasteiger partial charge >= 0.3 is 0 Å². The van der Waals surface area contributed by atoms with Crippen molar-refractivity contribution in [1.82, 2.24) is 9.97 Å². The number of aromatic nitrogens is 2. The Labute approximate surface area is 108 Å². The fourth-order valence-corrected chi connectivity index (χ4v) is 1.88. The second kappa shape index (κ2) is 4.78. The van der Waals surface area contributed by atoms with E-state index in [4.69, 9.17) is 17.3 Å². The lowest BCUT2D eigenvalue weighted by molar-refractivity contribution is 0.0996. The molecule has 0 bridgehead atoms. The summed E-state index contributed by atoms with van der Waals surface area (Å²) in [5.74, 6) is -0.770. The van der Waals surface area contributed by atoms with Gasteiger partial charge in [-0.05, 0) is 12.1 Å². The topological polar surface area (TPSA) is 71.8 Å². The van der Waals surface area contributed by atoms with Gasteiger partial charge in [0.05, 0.1) is 5.56 Å². The van der Waals surface area contributed by atoms with E-state index >= 15 is 0 Å². The van der Waals surface area contributed by atoms with Crippen LogP contribution in [0.25, 0.3) is 11.3 Å². The normalized spacial score (nSPS) is 10.6. The number of nitrogens with one attached hydrogen (secondary N) is 1. The molecule has 0 saturated carbocycles. The number of benzene rings is 1. The van der Waals surface area contributed by atoms with E-state index in [2.05, 4.69) is 9.97 Å². The Kier molecular flexibility index (Phi) is 3.34. The minimum atomic E-state index is -0.804. The molecule has 0 saturated heterocycles. The summed E-state index contributed by atoms with van der Waals surface area (Å²) in [6.07, 6.45) is 0.696. The van der Waals surface area contributed by atoms with Crippen LogP contribution in [0, 0.1) is 5.82 Å². The number of nitrogens with two attached hydrogens (primary N) is 1. The Morgan fingerprint density at radius 2 is 2.28 bits per heavy atom. The van der Waals surface area contributed by atoms with Crippen molar-refractivity contribution >= 4 is 17.5 Å². The summed E-state index contributed by atoms with van der Waals surface area (Å²) in [6, 6.07) is 4.08. The number of amides is 1. The number of halogens is 2. The molecule has 4 nitrogen and oxygen atoms in total. The van der Waals surface area contributed by atoms with Crippen molar-refractivity contribution in [2.45, 2.75) is 13.3 Å². The lowest BCUT2D eigenvalue weighted by Crippen LogP contribution is -2.12. The first-order valence-corrected chi connectivity index (χ1v) is 5.74. The molecule has 2 rings (SSSR count). The van der Waals surface area contributed by atoms with Crippen LogP contribution in [0.2, 0.25) is 5.15 Å². The molecule has 0 spiro atoms. The molecule has 0 radical (unpaired) electrons. The Hall–Kier alpha value is -1.88. The summed E-state index contributed by atoms with van der Waals surface area (Å²) in [5, 5.41) is 0.345. The Morgan fingerprint density at radius 3 is 2.78 bits per heavy atom. The number of hydrogen-bond acceptors (Lipinski definition) is 2. The molecule has 0 unspecified atom stereocenters. The number of carbonyl (C=O) groups is 1. The molecule has 2 aromatic rings. The van der Waals surface area contributed by atoms with E-state index in [0.29, 0.717) is 22.8 Å².